The third-order valence-electron chi connectivity index (χ3n) is 1.73. The Morgan fingerprint density at radius 1 is 1.55 bits per heavy atom. The summed E-state index contributed by atoms with van der Waals surface area (Å²) in [4.78, 5) is 2.36. The maximum atomic E-state index is 2.36. The molecule has 0 bridgehead atoms. The van der Waals surface area contributed by atoms with Crippen LogP contribution in [0.25, 0.3) is 0 Å². The summed E-state index contributed by atoms with van der Waals surface area (Å²) < 4.78 is 0. The molecule has 0 saturated carbocycles. The molecule has 0 aromatic carbocycles. The van der Waals surface area contributed by atoms with Gasteiger partial charge in [-0.15, -0.1) is 0 Å². The molecule has 1 rings (SSSR count). The topological polar surface area (TPSA) is 3.24 Å². The molecular formula is C10H17N. The van der Waals surface area contributed by atoms with Gasteiger partial charge in [0.1, 0.15) is 0 Å². The number of hydrogen-bond acceptors (Lipinski definition) is 1. The minimum absolute atomic E-state index is 0.755. The van der Waals surface area contributed by atoms with E-state index in [1.54, 1.807) is 0 Å². The van der Waals surface area contributed by atoms with Crippen LogP contribution in [0, 0.1) is 5.92 Å². The van der Waals surface area contributed by atoms with Crippen LogP contribution in [0.5, 0.6) is 0 Å². The summed E-state index contributed by atoms with van der Waals surface area (Å²) in [7, 11) is 0. The van der Waals surface area contributed by atoms with Gasteiger partial charge in [0, 0.05) is 13.1 Å². The van der Waals surface area contributed by atoms with Crippen molar-refractivity contribution in [1.82, 2.24) is 4.90 Å². The lowest BCUT2D eigenvalue weighted by Gasteiger charge is -2.24. The van der Waals surface area contributed by atoms with Crippen LogP contribution in [0.4, 0.5) is 0 Å². The number of hydrogen-bond donors (Lipinski definition) is 0. The highest BCUT2D eigenvalue weighted by atomic mass is 15.1. The molecule has 1 heterocycles. The van der Waals surface area contributed by atoms with E-state index in [0.29, 0.717) is 0 Å². The van der Waals surface area contributed by atoms with E-state index in [4.69, 9.17) is 0 Å². The van der Waals surface area contributed by atoms with Crippen molar-refractivity contribution in [1.29, 1.82) is 0 Å². The van der Waals surface area contributed by atoms with Gasteiger partial charge in [0.15, 0.2) is 0 Å². The smallest absolute Gasteiger partial charge is 0.0383 e. The molecule has 1 heteroatoms. The Bertz CT molecular complexity index is 177. The van der Waals surface area contributed by atoms with Crippen molar-refractivity contribution in [2.24, 2.45) is 5.92 Å². The van der Waals surface area contributed by atoms with Gasteiger partial charge in [0.05, 0.1) is 0 Å². The van der Waals surface area contributed by atoms with Gasteiger partial charge >= 0.3 is 0 Å². The maximum absolute atomic E-state index is 2.36. The molecule has 0 spiro atoms. The molecule has 0 saturated heterocycles. The van der Waals surface area contributed by atoms with E-state index in [1.165, 1.54) is 12.1 Å². The summed E-state index contributed by atoms with van der Waals surface area (Å²) in [5, 5.41) is 0. The van der Waals surface area contributed by atoms with E-state index in [0.717, 1.165) is 12.5 Å². The van der Waals surface area contributed by atoms with Gasteiger partial charge in [-0.3, -0.25) is 0 Å². The first kappa shape index (κ1) is 8.38. The third-order valence-corrected chi connectivity index (χ3v) is 1.73. The fraction of sp³-hybridized carbons (Fsp3) is 0.600. The fourth-order valence-electron chi connectivity index (χ4n) is 1.35. The average molecular weight is 151 g/mol. The number of rotatable bonds is 2. The van der Waals surface area contributed by atoms with Crippen molar-refractivity contribution in [3.05, 3.63) is 23.9 Å². The zero-order valence-electron chi connectivity index (χ0n) is 7.67. The normalized spacial score (nSPS) is 17.5. The Hall–Kier alpha value is -0.720. The minimum Gasteiger partial charge on any atom is -0.373 e. The second-order valence-electron chi connectivity index (χ2n) is 3.68. The lowest BCUT2D eigenvalue weighted by Crippen LogP contribution is -2.25. The molecular weight excluding hydrogens is 134 g/mol. The lowest BCUT2D eigenvalue weighted by atomic mass is 10.1. The first-order valence-electron chi connectivity index (χ1n) is 4.26. The summed E-state index contributed by atoms with van der Waals surface area (Å²) in [5.41, 5.74) is 1.45. The molecule has 1 nitrogen and oxygen atoms in total. The highest BCUT2D eigenvalue weighted by Crippen LogP contribution is 2.08. The van der Waals surface area contributed by atoms with Gasteiger partial charge in [-0.25, -0.2) is 0 Å². The van der Waals surface area contributed by atoms with E-state index in [-0.39, 0.29) is 0 Å². The van der Waals surface area contributed by atoms with Crippen LogP contribution < -0.4 is 0 Å². The zero-order valence-corrected chi connectivity index (χ0v) is 7.67. The summed E-state index contributed by atoms with van der Waals surface area (Å²) in [6.07, 6.45) is 6.48. The summed E-state index contributed by atoms with van der Waals surface area (Å²) in [6.45, 7) is 8.95. The predicted molar refractivity (Wildman–Crippen MR) is 49.3 cm³/mol. The first-order chi connectivity index (χ1) is 5.18. The Morgan fingerprint density at radius 3 is 2.82 bits per heavy atom. The average Bonchev–Trinajstić information content (AvgIpc) is 1.85. The molecule has 0 radical (unpaired) electrons. The molecule has 11 heavy (non-hydrogen) atoms. The van der Waals surface area contributed by atoms with Crippen LogP contribution in [0.15, 0.2) is 23.9 Å². The van der Waals surface area contributed by atoms with Gasteiger partial charge < -0.3 is 4.90 Å². The first-order valence-corrected chi connectivity index (χ1v) is 4.26. The third kappa shape index (κ3) is 2.79. The van der Waals surface area contributed by atoms with E-state index < -0.39 is 0 Å². The van der Waals surface area contributed by atoms with E-state index >= 15 is 0 Å². The van der Waals surface area contributed by atoms with Crippen molar-refractivity contribution < 1.29 is 0 Å². The number of nitrogens with zero attached hydrogens (tertiary/aromatic N) is 1. The Morgan fingerprint density at radius 2 is 2.27 bits per heavy atom. The largest absolute Gasteiger partial charge is 0.373 e. The molecule has 0 unspecified atom stereocenters. The molecule has 1 aliphatic heterocycles. The SMILES string of the molecule is CC1=CC=CN(CC(C)C)C1. The van der Waals surface area contributed by atoms with Crippen molar-refractivity contribution in [3.63, 3.8) is 0 Å². The molecule has 0 atom stereocenters. The molecule has 62 valence electrons. The molecule has 1 aliphatic rings. The number of allylic oxidation sites excluding steroid dienone is 2. The predicted octanol–water partition coefficient (Wildman–Crippen LogP) is 2.42. The minimum atomic E-state index is 0.755. The van der Waals surface area contributed by atoms with Gasteiger partial charge in [-0.1, -0.05) is 25.5 Å². The molecule has 0 fully saturated rings. The van der Waals surface area contributed by atoms with Gasteiger partial charge in [-0.05, 0) is 25.1 Å². The monoisotopic (exact) mass is 151 g/mol. The quantitative estimate of drug-likeness (QED) is 0.586. The fourth-order valence-corrected chi connectivity index (χ4v) is 1.35. The van der Waals surface area contributed by atoms with Crippen molar-refractivity contribution >= 4 is 0 Å². The molecule has 0 amide bonds. The summed E-state index contributed by atoms with van der Waals surface area (Å²) in [6, 6.07) is 0. The van der Waals surface area contributed by atoms with Crippen LogP contribution in [-0.4, -0.2) is 18.0 Å². The van der Waals surface area contributed by atoms with Gasteiger partial charge in [0.25, 0.3) is 0 Å². The molecule has 0 N–H and O–H groups in total. The van der Waals surface area contributed by atoms with Gasteiger partial charge in [0.2, 0.25) is 0 Å². The molecule has 0 aromatic heterocycles. The van der Waals surface area contributed by atoms with Crippen LogP contribution in [0.1, 0.15) is 20.8 Å². The highest BCUT2D eigenvalue weighted by molar-refractivity contribution is 5.16. The molecule has 0 aromatic rings. The van der Waals surface area contributed by atoms with E-state index in [1.807, 2.05) is 0 Å². The van der Waals surface area contributed by atoms with Crippen LogP contribution in [0.2, 0.25) is 0 Å². The second kappa shape index (κ2) is 3.61. The highest BCUT2D eigenvalue weighted by Gasteiger charge is 2.04. The summed E-state index contributed by atoms with van der Waals surface area (Å²) in [5.74, 6) is 0.755. The van der Waals surface area contributed by atoms with Gasteiger partial charge in [-0.2, -0.15) is 0 Å². The maximum Gasteiger partial charge on any atom is 0.0383 e. The Balaban J connectivity index is 2.40. The van der Waals surface area contributed by atoms with Crippen LogP contribution in [-0.2, 0) is 0 Å². The van der Waals surface area contributed by atoms with Crippen molar-refractivity contribution in [2.75, 3.05) is 13.1 Å². The van der Waals surface area contributed by atoms with E-state index in [9.17, 15) is 0 Å². The van der Waals surface area contributed by atoms with E-state index in [2.05, 4.69) is 44.0 Å². The zero-order chi connectivity index (χ0) is 8.27. The molecule has 0 aliphatic carbocycles. The second-order valence-corrected chi connectivity index (χ2v) is 3.68. The van der Waals surface area contributed by atoms with Crippen LogP contribution >= 0.6 is 0 Å². The Kier molecular flexibility index (Phi) is 2.75. The van der Waals surface area contributed by atoms with Crippen molar-refractivity contribution in [3.8, 4) is 0 Å². The Labute approximate surface area is 69.4 Å². The van der Waals surface area contributed by atoms with Crippen LogP contribution in [0.3, 0.4) is 0 Å². The standard InChI is InChI=1S/C10H17N/c1-9(2)7-11-6-4-5-10(3)8-11/h4-6,9H,7-8H2,1-3H3. The lowest BCUT2D eigenvalue weighted by molar-refractivity contribution is 0.350. The summed E-state index contributed by atoms with van der Waals surface area (Å²) >= 11 is 0. The van der Waals surface area contributed by atoms with Crippen molar-refractivity contribution in [2.45, 2.75) is 20.8 Å².